The average molecular weight is 299 g/mol. The third kappa shape index (κ3) is 3.17. The van der Waals surface area contributed by atoms with E-state index in [1.807, 2.05) is 54.6 Å². The molecule has 3 heteroatoms. The van der Waals surface area contributed by atoms with Gasteiger partial charge in [-0.25, -0.2) is 0 Å². The molecular weight excluding hydrogens is 284 g/mol. The summed E-state index contributed by atoms with van der Waals surface area (Å²) >= 11 is 5.92. The molecule has 106 valence electrons. The molecule has 1 aliphatic rings. The van der Waals surface area contributed by atoms with Gasteiger partial charge in [-0.2, -0.15) is 0 Å². The molecular formula is C18H15ClO2. The highest BCUT2D eigenvalue weighted by Gasteiger charge is 2.32. The van der Waals surface area contributed by atoms with Crippen molar-refractivity contribution in [2.75, 3.05) is 0 Å². The van der Waals surface area contributed by atoms with Crippen LogP contribution in [0.1, 0.15) is 17.2 Å². The van der Waals surface area contributed by atoms with Gasteiger partial charge in [0.15, 0.2) is 5.78 Å². The van der Waals surface area contributed by atoms with Crippen molar-refractivity contribution < 1.29 is 9.53 Å². The van der Waals surface area contributed by atoms with Crippen LogP contribution in [0.5, 0.6) is 0 Å². The lowest BCUT2D eigenvalue weighted by atomic mass is 9.85. The fourth-order valence-electron chi connectivity index (χ4n) is 2.60. The van der Waals surface area contributed by atoms with Crippen LogP contribution >= 0.6 is 11.6 Å². The first-order valence-electron chi connectivity index (χ1n) is 6.89. The number of benzene rings is 2. The molecule has 0 spiro atoms. The Morgan fingerprint density at radius 3 is 2.43 bits per heavy atom. The molecule has 0 fully saturated rings. The second-order valence-electron chi connectivity index (χ2n) is 5.11. The van der Waals surface area contributed by atoms with Gasteiger partial charge in [-0.1, -0.05) is 54.1 Å². The third-order valence-electron chi connectivity index (χ3n) is 3.69. The van der Waals surface area contributed by atoms with Crippen molar-refractivity contribution >= 4 is 17.4 Å². The number of halogens is 1. The molecule has 0 amide bonds. The number of hydrogen-bond acceptors (Lipinski definition) is 2. The molecule has 1 unspecified atom stereocenters. The number of carbonyl (C=O) groups excluding carboxylic acids is 1. The van der Waals surface area contributed by atoms with Crippen LogP contribution in [0.2, 0.25) is 5.02 Å². The Balaban J connectivity index is 1.88. The summed E-state index contributed by atoms with van der Waals surface area (Å²) in [6.45, 7) is 0. The van der Waals surface area contributed by atoms with Crippen LogP contribution in [-0.4, -0.2) is 5.78 Å². The first-order valence-corrected chi connectivity index (χ1v) is 7.27. The van der Waals surface area contributed by atoms with E-state index in [0.717, 1.165) is 11.1 Å². The van der Waals surface area contributed by atoms with Gasteiger partial charge in [0.05, 0.1) is 12.2 Å². The molecule has 0 saturated carbocycles. The van der Waals surface area contributed by atoms with E-state index in [0.29, 0.717) is 11.4 Å². The monoisotopic (exact) mass is 298 g/mol. The zero-order chi connectivity index (χ0) is 14.7. The minimum atomic E-state index is -0.264. The minimum absolute atomic E-state index is 0.102. The Morgan fingerprint density at radius 2 is 1.71 bits per heavy atom. The van der Waals surface area contributed by atoms with Crippen LogP contribution in [0, 0.1) is 5.92 Å². The molecule has 0 aliphatic carbocycles. The molecule has 0 radical (unpaired) electrons. The highest BCUT2D eigenvalue weighted by Crippen LogP contribution is 2.33. The van der Waals surface area contributed by atoms with E-state index in [1.165, 1.54) is 12.3 Å². The van der Waals surface area contributed by atoms with Crippen molar-refractivity contribution in [2.24, 2.45) is 5.92 Å². The fraction of sp³-hybridized carbons (Fsp3) is 0.167. The van der Waals surface area contributed by atoms with E-state index >= 15 is 0 Å². The molecule has 1 heterocycles. The third-order valence-corrected chi connectivity index (χ3v) is 3.94. The Kier molecular flexibility index (Phi) is 4.07. The van der Waals surface area contributed by atoms with Gasteiger partial charge in [0, 0.05) is 11.1 Å². The maximum Gasteiger partial charge on any atom is 0.166 e. The predicted octanol–water partition coefficient (Wildman–Crippen LogP) is 4.35. The SMILES string of the molecule is O=C1C=CO[C@@H](c2ccc(Cl)cc2)C1Cc1ccccc1. The number of rotatable bonds is 3. The molecule has 3 rings (SSSR count). The van der Waals surface area contributed by atoms with E-state index in [1.54, 1.807) is 0 Å². The van der Waals surface area contributed by atoms with Gasteiger partial charge in [-0.15, -0.1) is 0 Å². The highest BCUT2D eigenvalue weighted by atomic mass is 35.5. The van der Waals surface area contributed by atoms with Crippen molar-refractivity contribution in [3.05, 3.63) is 83.1 Å². The average Bonchev–Trinajstić information content (AvgIpc) is 2.51. The minimum Gasteiger partial charge on any atom is -0.492 e. The van der Waals surface area contributed by atoms with Crippen LogP contribution in [0.3, 0.4) is 0 Å². The Bertz CT molecular complexity index is 647. The normalized spacial score (nSPS) is 21.1. The number of hydrogen-bond donors (Lipinski definition) is 0. The Hall–Kier alpha value is -2.06. The smallest absolute Gasteiger partial charge is 0.166 e. The number of allylic oxidation sites excluding steroid dienone is 1. The molecule has 21 heavy (non-hydrogen) atoms. The fourth-order valence-corrected chi connectivity index (χ4v) is 2.72. The van der Waals surface area contributed by atoms with Gasteiger partial charge in [0.1, 0.15) is 6.10 Å². The first kappa shape index (κ1) is 13.9. The van der Waals surface area contributed by atoms with E-state index in [2.05, 4.69) is 0 Å². The summed E-state index contributed by atoms with van der Waals surface area (Å²) in [5, 5.41) is 0.677. The first-order chi connectivity index (χ1) is 10.2. The maximum atomic E-state index is 12.3. The molecule has 0 saturated heterocycles. The van der Waals surface area contributed by atoms with Crippen molar-refractivity contribution in [3.63, 3.8) is 0 Å². The van der Waals surface area contributed by atoms with Crippen molar-refractivity contribution in [3.8, 4) is 0 Å². The Morgan fingerprint density at radius 1 is 1.00 bits per heavy atom. The van der Waals surface area contributed by atoms with E-state index in [4.69, 9.17) is 16.3 Å². The van der Waals surface area contributed by atoms with E-state index in [-0.39, 0.29) is 17.8 Å². The summed E-state index contributed by atoms with van der Waals surface area (Å²) < 4.78 is 5.71. The van der Waals surface area contributed by atoms with Crippen LogP contribution in [0.25, 0.3) is 0 Å². The van der Waals surface area contributed by atoms with Gasteiger partial charge in [0.25, 0.3) is 0 Å². The lowest BCUT2D eigenvalue weighted by molar-refractivity contribution is -0.124. The molecule has 0 aromatic heterocycles. The predicted molar refractivity (Wildman–Crippen MR) is 83.1 cm³/mol. The molecule has 0 N–H and O–H groups in total. The van der Waals surface area contributed by atoms with Gasteiger partial charge in [-0.3, -0.25) is 4.79 Å². The summed E-state index contributed by atoms with van der Waals surface area (Å²) in [4.78, 5) is 12.3. The van der Waals surface area contributed by atoms with Crippen LogP contribution in [-0.2, 0) is 16.0 Å². The zero-order valence-electron chi connectivity index (χ0n) is 11.4. The van der Waals surface area contributed by atoms with Gasteiger partial charge in [0.2, 0.25) is 0 Å². The topological polar surface area (TPSA) is 26.3 Å². The second-order valence-corrected chi connectivity index (χ2v) is 5.55. The molecule has 2 aromatic rings. The largest absolute Gasteiger partial charge is 0.492 e. The number of ketones is 1. The molecule has 0 bridgehead atoms. The van der Waals surface area contributed by atoms with Gasteiger partial charge in [-0.05, 0) is 29.7 Å². The Labute approximate surface area is 129 Å². The molecule has 2 nitrogen and oxygen atoms in total. The summed E-state index contributed by atoms with van der Waals surface area (Å²) in [6, 6.07) is 17.5. The standard InChI is InChI=1S/C18H15ClO2/c19-15-8-6-14(7-9-15)18-16(17(20)10-11-21-18)12-13-4-2-1-3-5-13/h1-11,16,18H,12H2/t16?,18-/m0/s1. The number of ether oxygens (including phenoxy) is 1. The van der Waals surface area contributed by atoms with Crippen LogP contribution in [0.15, 0.2) is 66.9 Å². The highest BCUT2D eigenvalue weighted by molar-refractivity contribution is 6.30. The van der Waals surface area contributed by atoms with Crippen LogP contribution in [0.4, 0.5) is 0 Å². The summed E-state index contributed by atoms with van der Waals surface area (Å²) in [6.07, 6.45) is 3.40. The summed E-state index contributed by atoms with van der Waals surface area (Å²) in [5.74, 6) is -0.108. The summed E-state index contributed by atoms with van der Waals surface area (Å²) in [5.41, 5.74) is 2.10. The molecule has 2 aromatic carbocycles. The second kappa shape index (κ2) is 6.15. The van der Waals surface area contributed by atoms with Gasteiger partial charge < -0.3 is 4.74 Å². The molecule has 1 aliphatic heterocycles. The molecule has 2 atom stereocenters. The number of carbonyl (C=O) groups is 1. The van der Waals surface area contributed by atoms with Crippen molar-refractivity contribution in [1.29, 1.82) is 0 Å². The van der Waals surface area contributed by atoms with Gasteiger partial charge >= 0.3 is 0 Å². The van der Waals surface area contributed by atoms with E-state index < -0.39 is 0 Å². The maximum absolute atomic E-state index is 12.3. The zero-order valence-corrected chi connectivity index (χ0v) is 12.2. The lowest BCUT2D eigenvalue weighted by Gasteiger charge is -2.28. The quantitative estimate of drug-likeness (QED) is 0.842. The summed E-state index contributed by atoms with van der Waals surface area (Å²) in [7, 11) is 0. The lowest BCUT2D eigenvalue weighted by Crippen LogP contribution is -2.27. The van der Waals surface area contributed by atoms with Crippen molar-refractivity contribution in [1.82, 2.24) is 0 Å². The van der Waals surface area contributed by atoms with Crippen molar-refractivity contribution in [2.45, 2.75) is 12.5 Å². The van der Waals surface area contributed by atoms with Crippen LogP contribution < -0.4 is 0 Å². The van der Waals surface area contributed by atoms with E-state index in [9.17, 15) is 4.79 Å².